The van der Waals surface area contributed by atoms with Crippen molar-refractivity contribution in [2.75, 3.05) is 13.1 Å². The number of hydrogen-bond acceptors (Lipinski definition) is 2. The van der Waals surface area contributed by atoms with E-state index in [0.29, 0.717) is 0 Å². The molecule has 2 rings (SSSR count). The van der Waals surface area contributed by atoms with Crippen LogP contribution in [0.25, 0.3) is 0 Å². The molecule has 0 bridgehead atoms. The van der Waals surface area contributed by atoms with Crippen LogP contribution >= 0.6 is 0 Å². The zero-order valence-corrected chi connectivity index (χ0v) is 13.0. The van der Waals surface area contributed by atoms with Gasteiger partial charge in [-0.1, -0.05) is 18.6 Å². The first kappa shape index (κ1) is 15.5. The molecule has 0 saturated carbocycles. The molecule has 1 heterocycles. The molecule has 1 N–H and O–H groups in total. The van der Waals surface area contributed by atoms with Crippen molar-refractivity contribution >= 4 is 0 Å². The highest BCUT2D eigenvalue weighted by Crippen LogP contribution is 2.17. The number of nitrogens with one attached hydrogen (secondary N) is 1. The number of piperidine rings is 1. The van der Waals surface area contributed by atoms with E-state index in [0.717, 1.165) is 37.3 Å². The number of halogens is 1. The molecule has 2 nitrogen and oxygen atoms in total. The van der Waals surface area contributed by atoms with Crippen molar-refractivity contribution in [3.63, 3.8) is 0 Å². The lowest BCUT2D eigenvalue weighted by molar-refractivity contribution is 0.218. The van der Waals surface area contributed by atoms with Crippen molar-refractivity contribution in [3.8, 4) is 0 Å². The smallest absolute Gasteiger partial charge is 0.127 e. The Morgan fingerprint density at radius 3 is 2.50 bits per heavy atom. The van der Waals surface area contributed by atoms with E-state index in [2.05, 4.69) is 31.0 Å². The van der Waals surface area contributed by atoms with E-state index in [4.69, 9.17) is 0 Å². The van der Waals surface area contributed by atoms with Crippen molar-refractivity contribution in [2.24, 2.45) is 0 Å². The molecular formula is C17H27FN2. The Morgan fingerprint density at radius 2 is 1.85 bits per heavy atom. The first-order valence-corrected chi connectivity index (χ1v) is 7.69. The molecule has 0 unspecified atom stereocenters. The van der Waals surface area contributed by atoms with Gasteiger partial charge >= 0.3 is 0 Å². The molecule has 1 aliphatic heterocycles. The van der Waals surface area contributed by atoms with Crippen LogP contribution in [-0.2, 0) is 13.1 Å². The summed E-state index contributed by atoms with van der Waals surface area (Å²) < 4.78 is 14.0. The van der Waals surface area contributed by atoms with Crippen LogP contribution in [0.5, 0.6) is 0 Å². The van der Waals surface area contributed by atoms with E-state index in [-0.39, 0.29) is 11.4 Å². The minimum Gasteiger partial charge on any atom is -0.308 e. The molecule has 1 aromatic rings. The van der Waals surface area contributed by atoms with Crippen molar-refractivity contribution in [1.29, 1.82) is 0 Å². The van der Waals surface area contributed by atoms with Crippen LogP contribution in [0, 0.1) is 5.82 Å². The molecule has 0 spiro atoms. The zero-order chi connectivity index (χ0) is 14.6. The van der Waals surface area contributed by atoms with Crippen molar-refractivity contribution < 1.29 is 4.39 Å². The molecule has 0 radical (unpaired) electrons. The summed E-state index contributed by atoms with van der Waals surface area (Å²) in [5.41, 5.74) is 2.08. The Balaban J connectivity index is 2.00. The normalized spacial score (nSPS) is 17.4. The van der Waals surface area contributed by atoms with Crippen LogP contribution in [0.4, 0.5) is 4.39 Å². The Kier molecular flexibility index (Phi) is 5.17. The van der Waals surface area contributed by atoms with Gasteiger partial charge in [0, 0.05) is 24.2 Å². The van der Waals surface area contributed by atoms with Crippen LogP contribution in [0.15, 0.2) is 18.2 Å². The molecule has 112 valence electrons. The number of benzene rings is 1. The van der Waals surface area contributed by atoms with E-state index in [1.165, 1.54) is 19.3 Å². The van der Waals surface area contributed by atoms with Gasteiger partial charge in [-0.25, -0.2) is 4.39 Å². The average molecular weight is 278 g/mol. The lowest BCUT2D eigenvalue weighted by atomic mass is 10.1. The van der Waals surface area contributed by atoms with Gasteiger partial charge in [-0.3, -0.25) is 4.90 Å². The maximum absolute atomic E-state index is 14.0. The largest absolute Gasteiger partial charge is 0.308 e. The van der Waals surface area contributed by atoms with E-state index >= 15 is 0 Å². The highest BCUT2D eigenvalue weighted by Gasteiger charge is 2.14. The summed E-state index contributed by atoms with van der Waals surface area (Å²) >= 11 is 0. The van der Waals surface area contributed by atoms with Gasteiger partial charge in [0.25, 0.3) is 0 Å². The Labute approximate surface area is 122 Å². The van der Waals surface area contributed by atoms with Gasteiger partial charge in [-0.15, -0.1) is 0 Å². The fourth-order valence-electron chi connectivity index (χ4n) is 2.58. The first-order valence-electron chi connectivity index (χ1n) is 7.69. The van der Waals surface area contributed by atoms with Crippen molar-refractivity contribution in [2.45, 2.75) is 58.7 Å². The zero-order valence-electron chi connectivity index (χ0n) is 13.0. The second kappa shape index (κ2) is 6.68. The van der Waals surface area contributed by atoms with E-state index < -0.39 is 0 Å². The highest BCUT2D eigenvalue weighted by molar-refractivity contribution is 5.25. The third kappa shape index (κ3) is 4.88. The minimum atomic E-state index is -0.0740. The van der Waals surface area contributed by atoms with Gasteiger partial charge in [0.1, 0.15) is 5.82 Å². The quantitative estimate of drug-likeness (QED) is 0.903. The number of likely N-dealkylation sites (tertiary alicyclic amines) is 1. The van der Waals surface area contributed by atoms with E-state index in [1.54, 1.807) is 6.07 Å². The van der Waals surface area contributed by atoms with Crippen LogP contribution in [0.3, 0.4) is 0 Å². The fourth-order valence-corrected chi connectivity index (χ4v) is 2.58. The third-order valence-corrected chi connectivity index (χ3v) is 3.78. The summed E-state index contributed by atoms with van der Waals surface area (Å²) in [6.45, 7) is 10.2. The molecule has 3 heteroatoms. The maximum atomic E-state index is 14.0. The molecule has 0 amide bonds. The Bertz CT molecular complexity index is 431. The molecule has 1 aromatic carbocycles. The SMILES string of the molecule is CC(C)(C)NCc1ccc(F)c(CN2CCCCC2)c1. The molecule has 1 aliphatic rings. The summed E-state index contributed by atoms with van der Waals surface area (Å²) in [7, 11) is 0. The van der Waals surface area contributed by atoms with Gasteiger partial charge in [0.05, 0.1) is 0 Å². The number of hydrogen-bond donors (Lipinski definition) is 1. The van der Waals surface area contributed by atoms with Gasteiger partial charge < -0.3 is 5.32 Å². The van der Waals surface area contributed by atoms with E-state index in [9.17, 15) is 4.39 Å². The summed E-state index contributed by atoms with van der Waals surface area (Å²) in [5, 5.41) is 3.45. The number of nitrogens with zero attached hydrogens (tertiary/aromatic N) is 1. The van der Waals surface area contributed by atoms with Crippen LogP contribution in [0.2, 0.25) is 0 Å². The third-order valence-electron chi connectivity index (χ3n) is 3.78. The summed E-state index contributed by atoms with van der Waals surface area (Å²) in [4.78, 5) is 2.36. The lowest BCUT2D eigenvalue weighted by Crippen LogP contribution is -2.35. The molecule has 1 saturated heterocycles. The minimum absolute atomic E-state index is 0.0740. The molecule has 0 atom stereocenters. The van der Waals surface area contributed by atoms with Crippen molar-refractivity contribution in [1.82, 2.24) is 10.2 Å². The maximum Gasteiger partial charge on any atom is 0.127 e. The van der Waals surface area contributed by atoms with Crippen LogP contribution in [-0.4, -0.2) is 23.5 Å². The van der Waals surface area contributed by atoms with Crippen LogP contribution in [0.1, 0.15) is 51.2 Å². The standard InChI is InChI=1S/C17H27FN2/c1-17(2,3)19-12-14-7-8-16(18)15(11-14)13-20-9-5-4-6-10-20/h7-8,11,19H,4-6,9-10,12-13H2,1-3H3. The number of rotatable bonds is 4. The van der Waals surface area contributed by atoms with Crippen LogP contribution < -0.4 is 5.32 Å². The van der Waals surface area contributed by atoms with Gasteiger partial charge in [0.2, 0.25) is 0 Å². The monoisotopic (exact) mass is 278 g/mol. The lowest BCUT2D eigenvalue weighted by Gasteiger charge is -2.27. The topological polar surface area (TPSA) is 15.3 Å². The van der Waals surface area contributed by atoms with Gasteiger partial charge in [-0.2, -0.15) is 0 Å². The molecule has 1 fully saturated rings. The Hall–Kier alpha value is -0.930. The first-order chi connectivity index (χ1) is 9.44. The predicted octanol–water partition coefficient (Wildman–Crippen LogP) is 3.70. The molecular weight excluding hydrogens is 251 g/mol. The second-order valence-corrected chi connectivity index (χ2v) is 6.87. The summed E-state index contributed by atoms with van der Waals surface area (Å²) in [6, 6.07) is 5.51. The van der Waals surface area contributed by atoms with Crippen molar-refractivity contribution in [3.05, 3.63) is 35.1 Å². The summed E-state index contributed by atoms with van der Waals surface area (Å²) in [6.07, 6.45) is 3.80. The molecule has 20 heavy (non-hydrogen) atoms. The predicted molar refractivity (Wildman–Crippen MR) is 82.1 cm³/mol. The molecule has 0 aromatic heterocycles. The average Bonchev–Trinajstić information content (AvgIpc) is 2.40. The summed E-state index contributed by atoms with van der Waals surface area (Å²) in [5.74, 6) is -0.0740. The second-order valence-electron chi connectivity index (χ2n) is 6.87. The highest BCUT2D eigenvalue weighted by atomic mass is 19.1. The molecule has 0 aliphatic carbocycles. The van der Waals surface area contributed by atoms with Gasteiger partial charge in [0.15, 0.2) is 0 Å². The fraction of sp³-hybridized carbons (Fsp3) is 0.647. The van der Waals surface area contributed by atoms with E-state index in [1.807, 2.05) is 12.1 Å². The van der Waals surface area contributed by atoms with Gasteiger partial charge in [-0.05, 0) is 58.3 Å². The Morgan fingerprint density at radius 1 is 1.15 bits per heavy atom.